The van der Waals surface area contributed by atoms with Crippen LogP contribution in [-0.4, -0.2) is 82.1 Å². The average Bonchev–Trinajstić information content (AvgIpc) is 3.38. The van der Waals surface area contributed by atoms with Gasteiger partial charge < -0.3 is 32.5 Å². The number of carbonyl (C=O) groups excluding carboxylic acids is 5. The Kier molecular flexibility index (Phi) is 14.8. The molecule has 1 heterocycles. The smallest absolute Gasteiger partial charge is 0.326 e. The van der Waals surface area contributed by atoms with Gasteiger partial charge in [0.05, 0.1) is 24.9 Å². The summed E-state index contributed by atoms with van der Waals surface area (Å²) >= 11 is 1.02. The number of aromatic nitrogens is 1. The first kappa shape index (κ1) is 37.0. The van der Waals surface area contributed by atoms with Gasteiger partial charge in [-0.2, -0.15) is 0 Å². The Hall–Kier alpha value is -3.98. The molecule has 0 radical (unpaired) electrons. The van der Waals surface area contributed by atoms with E-state index in [4.69, 9.17) is 17.2 Å². The molecule has 8 N–H and O–H groups in total. The summed E-state index contributed by atoms with van der Waals surface area (Å²) in [4.78, 5) is 84.2. The predicted octanol–water partition coefficient (Wildman–Crippen LogP) is 0.636. The zero-order valence-corrected chi connectivity index (χ0v) is 26.1. The summed E-state index contributed by atoms with van der Waals surface area (Å²) in [6.45, 7) is 10.7. The van der Waals surface area contributed by atoms with Gasteiger partial charge in [0, 0.05) is 43.1 Å². The first-order chi connectivity index (χ1) is 20.0. The molecule has 0 saturated carbocycles. The Morgan fingerprint density at radius 2 is 1.74 bits per heavy atom. The van der Waals surface area contributed by atoms with Crippen LogP contribution in [0.2, 0.25) is 0 Å². The minimum Gasteiger partial charge on any atom is -0.480 e. The van der Waals surface area contributed by atoms with Crippen molar-refractivity contribution < 1.29 is 33.9 Å². The third kappa shape index (κ3) is 11.3. The number of carbonyl (C=O) groups is 6. The van der Waals surface area contributed by atoms with E-state index in [0.29, 0.717) is 12.1 Å². The number of thiazole rings is 1. The van der Waals surface area contributed by atoms with Crippen LogP contribution in [0.5, 0.6) is 0 Å². The zero-order chi connectivity index (χ0) is 33.0. The molecular weight excluding hydrogens is 578 g/mol. The number of aliphatic carboxylic acids is 1. The molecule has 1 aromatic heterocycles. The van der Waals surface area contributed by atoms with E-state index in [-0.39, 0.29) is 59.3 Å². The lowest BCUT2D eigenvalue weighted by Crippen LogP contribution is -2.50. The highest BCUT2D eigenvalue weighted by Gasteiger charge is 2.37. The molecule has 15 heteroatoms. The third-order valence-corrected chi connectivity index (χ3v) is 7.89. The Morgan fingerprint density at radius 1 is 1.12 bits per heavy atom. The van der Waals surface area contributed by atoms with Crippen LogP contribution in [0.4, 0.5) is 0 Å². The van der Waals surface area contributed by atoms with E-state index in [0.717, 1.165) is 11.3 Å². The van der Waals surface area contributed by atoms with Crippen molar-refractivity contribution in [3.05, 3.63) is 28.0 Å². The Morgan fingerprint density at radius 3 is 2.26 bits per heavy atom. The fourth-order valence-electron chi connectivity index (χ4n) is 4.54. The van der Waals surface area contributed by atoms with Crippen LogP contribution in [0.25, 0.3) is 0 Å². The van der Waals surface area contributed by atoms with E-state index in [1.54, 1.807) is 13.8 Å². The number of likely N-dealkylation sites (N-methyl/N-ethyl adjacent to an activating group) is 1. The van der Waals surface area contributed by atoms with Gasteiger partial charge >= 0.3 is 5.97 Å². The van der Waals surface area contributed by atoms with Gasteiger partial charge in [-0.25, -0.2) is 9.78 Å². The van der Waals surface area contributed by atoms with Crippen molar-refractivity contribution in [2.45, 2.75) is 77.9 Å². The molecule has 0 aliphatic carbocycles. The lowest BCUT2D eigenvalue weighted by molar-refractivity contribution is -0.145. The largest absolute Gasteiger partial charge is 0.480 e. The number of ketones is 2. The van der Waals surface area contributed by atoms with Gasteiger partial charge in [-0.3, -0.25) is 29.0 Å². The molecule has 1 rings (SSSR count). The molecule has 1 aromatic rings. The molecule has 0 aliphatic heterocycles. The number of nitrogens with zero attached hydrogens (tertiary/aromatic N) is 3. The van der Waals surface area contributed by atoms with E-state index < -0.39 is 48.2 Å². The first-order valence-corrected chi connectivity index (χ1v) is 14.7. The van der Waals surface area contributed by atoms with Crippen molar-refractivity contribution >= 4 is 53.3 Å². The number of nitrogens with one attached hydrogen (secondary N) is 1. The molecule has 238 valence electrons. The number of carboxylic acid groups (broad SMARTS) is 1. The molecule has 5 atom stereocenters. The maximum absolute atomic E-state index is 13.7. The Bertz CT molecular complexity index is 1230. The first-order valence-electron chi connectivity index (χ1n) is 13.8. The molecule has 0 fully saturated rings. The van der Waals surface area contributed by atoms with Crippen LogP contribution in [0, 0.1) is 17.8 Å². The number of nitrogens with two attached hydrogens (primary N) is 3. The molecule has 14 nitrogen and oxygen atoms in total. The van der Waals surface area contributed by atoms with Crippen LogP contribution < -0.4 is 22.5 Å². The summed E-state index contributed by atoms with van der Waals surface area (Å²) in [7, 11) is 1.52. The summed E-state index contributed by atoms with van der Waals surface area (Å²) in [5.74, 6) is -5.40. The van der Waals surface area contributed by atoms with Crippen molar-refractivity contribution in [1.82, 2.24) is 15.2 Å². The molecule has 0 aliphatic rings. The monoisotopic (exact) mass is 621 g/mol. The van der Waals surface area contributed by atoms with Gasteiger partial charge in [0.2, 0.25) is 11.8 Å². The standard InChI is InChI=1S/C28H43N7O7S/c1-7-15(4)17(9-21(36)18(30)8-16(29)12-32-5)27(40)35(6)25(14(2)3)22(37)11-24-33-20(13-43-24)26(39)34-19(28(41)42)10-23(31)38/h12-15,17-19,25H,5,7-11,29-30H2,1-4,6H3,(H2,31,38)(H,34,39)(H,41,42)/b16-12-/t15?,17-,18?,19-,25-/m0/s1. The van der Waals surface area contributed by atoms with Crippen molar-refractivity contribution in [2.75, 3.05) is 7.05 Å². The van der Waals surface area contributed by atoms with Crippen molar-refractivity contribution in [3.63, 3.8) is 0 Å². The second kappa shape index (κ2) is 17.2. The molecule has 43 heavy (non-hydrogen) atoms. The highest BCUT2D eigenvalue weighted by atomic mass is 32.1. The van der Waals surface area contributed by atoms with E-state index in [1.807, 2.05) is 13.8 Å². The number of hydrogen-bond acceptors (Lipinski definition) is 11. The minimum atomic E-state index is -1.53. The van der Waals surface area contributed by atoms with Crippen LogP contribution >= 0.6 is 11.3 Å². The van der Waals surface area contributed by atoms with Crippen LogP contribution in [0.15, 0.2) is 22.3 Å². The minimum absolute atomic E-state index is 0.0676. The van der Waals surface area contributed by atoms with Crippen molar-refractivity contribution in [2.24, 2.45) is 39.9 Å². The molecule has 0 bridgehead atoms. The number of hydrogen-bond donors (Lipinski definition) is 5. The number of Topliss-reactive ketones (excluding diaryl/α,β-unsaturated/α-hetero) is 2. The average molecular weight is 622 g/mol. The lowest BCUT2D eigenvalue weighted by Gasteiger charge is -2.34. The van der Waals surface area contributed by atoms with Crippen molar-refractivity contribution in [1.29, 1.82) is 0 Å². The lowest BCUT2D eigenvalue weighted by atomic mass is 9.83. The quantitative estimate of drug-likeness (QED) is 0.135. The number of rotatable bonds is 19. The third-order valence-electron chi connectivity index (χ3n) is 7.04. The van der Waals surface area contributed by atoms with Gasteiger partial charge in [-0.15, -0.1) is 11.3 Å². The molecule has 3 amide bonds. The second-order valence-corrected chi connectivity index (χ2v) is 11.7. The summed E-state index contributed by atoms with van der Waals surface area (Å²) in [5, 5.41) is 13.0. The number of primary amides is 1. The Balaban J connectivity index is 3.08. The normalized spacial score (nSPS) is 15.1. The van der Waals surface area contributed by atoms with Crippen LogP contribution in [0.3, 0.4) is 0 Å². The SMILES string of the molecule is C=N/C=C(\N)CC(N)C(=O)C[C@H](C(=O)N(C)[C@H](C(=O)Cc1nc(C(=O)N[C@@H](CC(N)=O)C(=O)O)cs1)C(C)C)C(C)CC. The van der Waals surface area contributed by atoms with Gasteiger partial charge in [0.25, 0.3) is 5.91 Å². The Labute approximate surface area is 255 Å². The summed E-state index contributed by atoms with van der Waals surface area (Å²) < 4.78 is 0. The van der Waals surface area contributed by atoms with E-state index in [1.165, 1.54) is 23.5 Å². The second-order valence-electron chi connectivity index (χ2n) is 10.8. The molecule has 0 aromatic carbocycles. The number of amides is 3. The number of aliphatic imine (C=N–C) groups is 1. The summed E-state index contributed by atoms with van der Waals surface area (Å²) in [5.41, 5.74) is 17.1. The molecule has 2 unspecified atom stereocenters. The predicted molar refractivity (Wildman–Crippen MR) is 162 cm³/mol. The van der Waals surface area contributed by atoms with E-state index in [2.05, 4.69) is 22.0 Å². The van der Waals surface area contributed by atoms with E-state index in [9.17, 15) is 33.9 Å². The summed E-state index contributed by atoms with van der Waals surface area (Å²) in [6, 6.07) is -3.31. The van der Waals surface area contributed by atoms with Gasteiger partial charge in [0.15, 0.2) is 11.6 Å². The van der Waals surface area contributed by atoms with Gasteiger partial charge in [-0.1, -0.05) is 34.1 Å². The van der Waals surface area contributed by atoms with Crippen LogP contribution in [0.1, 0.15) is 68.9 Å². The maximum Gasteiger partial charge on any atom is 0.326 e. The fourth-order valence-corrected chi connectivity index (χ4v) is 5.32. The molecule has 0 saturated heterocycles. The van der Waals surface area contributed by atoms with Gasteiger partial charge in [0.1, 0.15) is 16.7 Å². The zero-order valence-electron chi connectivity index (χ0n) is 25.2. The highest BCUT2D eigenvalue weighted by molar-refractivity contribution is 7.10. The van der Waals surface area contributed by atoms with E-state index >= 15 is 0 Å². The van der Waals surface area contributed by atoms with Crippen LogP contribution in [-0.2, 0) is 30.4 Å². The highest BCUT2D eigenvalue weighted by Crippen LogP contribution is 2.26. The summed E-state index contributed by atoms with van der Waals surface area (Å²) in [6.07, 6.45) is 1.08. The molecular formula is C28H43N7O7S. The number of carboxylic acids is 1. The molecule has 0 spiro atoms. The topological polar surface area (TPSA) is 241 Å². The van der Waals surface area contributed by atoms with Crippen molar-refractivity contribution in [3.8, 4) is 0 Å². The fraction of sp³-hybridized carbons (Fsp3) is 0.571. The maximum atomic E-state index is 13.7. The van der Waals surface area contributed by atoms with Gasteiger partial charge in [-0.05, 0) is 18.6 Å².